The summed E-state index contributed by atoms with van der Waals surface area (Å²) in [5, 5.41) is 5.19. The van der Waals surface area contributed by atoms with Crippen molar-refractivity contribution < 1.29 is 13.6 Å². The zero-order chi connectivity index (χ0) is 28.1. The summed E-state index contributed by atoms with van der Waals surface area (Å²) in [5.74, 6) is -2.49. The molecule has 3 aromatic rings. The van der Waals surface area contributed by atoms with E-state index in [-0.39, 0.29) is 17.5 Å². The minimum atomic E-state index is -3.34. The standard InChI is InChI=1S/C29H33ClF2N6O2/c30-25-14-35-27(36-19-29(31,32)24-7-3-4-12-33-24)28(40)38(25)18-26(39)34-13-22-5-1-2-6-23(22)17-37(15-20-8-9-20)16-21-10-11-21/h1-7,12,14,20-21H,8-11,13,15-19H2,(H,34,39)(H,35,36). The first-order chi connectivity index (χ1) is 19.3. The first-order valence-electron chi connectivity index (χ1n) is 13.6. The maximum absolute atomic E-state index is 14.5. The number of halogens is 3. The van der Waals surface area contributed by atoms with Crippen LogP contribution in [0.3, 0.4) is 0 Å². The largest absolute Gasteiger partial charge is 0.359 e. The Hall–Kier alpha value is -3.37. The number of alkyl halides is 2. The van der Waals surface area contributed by atoms with E-state index in [9.17, 15) is 18.4 Å². The van der Waals surface area contributed by atoms with Gasteiger partial charge in [-0.2, -0.15) is 8.78 Å². The highest BCUT2D eigenvalue weighted by molar-refractivity contribution is 6.29. The van der Waals surface area contributed by atoms with Gasteiger partial charge in [0, 0.05) is 32.4 Å². The number of carbonyl (C=O) groups excluding carboxylic acids is 1. The zero-order valence-corrected chi connectivity index (χ0v) is 22.9. The predicted molar refractivity (Wildman–Crippen MR) is 149 cm³/mol. The third-order valence-electron chi connectivity index (χ3n) is 7.24. The van der Waals surface area contributed by atoms with Crippen LogP contribution in [0.15, 0.2) is 59.7 Å². The molecule has 2 aliphatic rings. The molecule has 8 nitrogen and oxygen atoms in total. The molecule has 0 atom stereocenters. The number of nitrogens with zero attached hydrogens (tertiary/aromatic N) is 4. The van der Waals surface area contributed by atoms with Crippen LogP contribution >= 0.6 is 11.6 Å². The monoisotopic (exact) mass is 570 g/mol. The minimum absolute atomic E-state index is 0.0709. The second kappa shape index (κ2) is 12.4. The van der Waals surface area contributed by atoms with E-state index in [0.29, 0.717) is 6.54 Å². The lowest BCUT2D eigenvalue weighted by Gasteiger charge is -2.24. The van der Waals surface area contributed by atoms with Crippen LogP contribution in [0.5, 0.6) is 0 Å². The number of benzene rings is 1. The summed E-state index contributed by atoms with van der Waals surface area (Å²) in [5.41, 5.74) is 0.985. The van der Waals surface area contributed by atoms with Gasteiger partial charge in [-0.05, 0) is 60.8 Å². The maximum Gasteiger partial charge on any atom is 0.306 e. The van der Waals surface area contributed by atoms with Crippen molar-refractivity contribution in [3.8, 4) is 0 Å². The van der Waals surface area contributed by atoms with Gasteiger partial charge in [-0.15, -0.1) is 0 Å². The molecule has 40 heavy (non-hydrogen) atoms. The smallest absolute Gasteiger partial charge is 0.306 e. The van der Waals surface area contributed by atoms with E-state index in [1.165, 1.54) is 55.6 Å². The summed E-state index contributed by atoms with van der Waals surface area (Å²) in [6.07, 6.45) is 7.64. The first kappa shape index (κ1) is 28.2. The number of carbonyl (C=O) groups is 1. The summed E-state index contributed by atoms with van der Waals surface area (Å²) < 4.78 is 30.0. The fourth-order valence-corrected chi connectivity index (χ4v) is 4.84. The molecule has 2 fully saturated rings. The summed E-state index contributed by atoms with van der Waals surface area (Å²) in [6, 6.07) is 12.2. The van der Waals surface area contributed by atoms with Gasteiger partial charge in [0.1, 0.15) is 17.4 Å². The molecule has 2 saturated carbocycles. The van der Waals surface area contributed by atoms with E-state index in [1.54, 1.807) is 0 Å². The summed E-state index contributed by atoms with van der Waals surface area (Å²) in [7, 11) is 0. The van der Waals surface area contributed by atoms with E-state index < -0.39 is 29.6 Å². The molecule has 2 heterocycles. The molecule has 0 bridgehead atoms. The number of aromatic nitrogens is 3. The third-order valence-corrected chi connectivity index (χ3v) is 7.54. The second-order valence-corrected chi connectivity index (χ2v) is 11.1. The molecular formula is C29H33ClF2N6O2. The molecule has 2 aromatic heterocycles. The van der Waals surface area contributed by atoms with E-state index in [0.717, 1.165) is 47.8 Å². The quantitative estimate of drug-likeness (QED) is 0.298. The third kappa shape index (κ3) is 7.63. The number of hydrogen-bond donors (Lipinski definition) is 2. The topological polar surface area (TPSA) is 92.1 Å². The fourth-order valence-electron chi connectivity index (χ4n) is 4.65. The number of nitrogens with one attached hydrogen (secondary N) is 2. The molecule has 0 radical (unpaired) electrons. The van der Waals surface area contributed by atoms with Crippen molar-refractivity contribution in [2.45, 2.75) is 51.2 Å². The Bertz CT molecular complexity index is 1360. The molecule has 0 unspecified atom stereocenters. The zero-order valence-electron chi connectivity index (χ0n) is 22.2. The van der Waals surface area contributed by atoms with E-state index >= 15 is 0 Å². The van der Waals surface area contributed by atoms with Crippen LogP contribution in [-0.4, -0.2) is 45.0 Å². The van der Waals surface area contributed by atoms with Crippen molar-refractivity contribution in [1.82, 2.24) is 24.8 Å². The number of anilines is 1. The van der Waals surface area contributed by atoms with Crippen molar-refractivity contribution in [3.05, 3.63) is 87.2 Å². The average molecular weight is 571 g/mol. The van der Waals surface area contributed by atoms with Crippen molar-refractivity contribution in [2.75, 3.05) is 25.0 Å². The molecule has 0 aliphatic heterocycles. The minimum Gasteiger partial charge on any atom is -0.359 e. The summed E-state index contributed by atoms with van der Waals surface area (Å²) >= 11 is 6.15. The Balaban J connectivity index is 1.20. The normalized spacial score (nSPS) is 15.3. The summed E-state index contributed by atoms with van der Waals surface area (Å²) in [6.45, 7) is 2.11. The number of pyridine rings is 1. The molecule has 0 spiro atoms. The van der Waals surface area contributed by atoms with Gasteiger partial charge in [0.15, 0.2) is 5.82 Å². The highest BCUT2D eigenvalue weighted by Gasteiger charge is 2.33. The van der Waals surface area contributed by atoms with E-state index in [4.69, 9.17) is 11.6 Å². The van der Waals surface area contributed by atoms with Crippen LogP contribution in [-0.2, 0) is 30.4 Å². The molecule has 11 heteroatoms. The van der Waals surface area contributed by atoms with E-state index in [1.807, 2.05) is 18.2 Å². The average Bonchev–Trinajstić information content (AvgIpc) is 3.88. The van der Waals surface area contributed by atoms with Gasteiger partial charge in [-0.1, -0.05) is 41.9 Å². The van der Waals surface area contributed by atoms with Gasteiger partial charge in [0.2, 0.25) is 5.91 Å². The molecule has 2 aliphatic carbocycles. The van der Waals surface area contributed by atoms with Crippen molar-refractivity contribution in [2.24, 2.45) is 11.8 Å². The van der Waals surface area contributed by atoms with Crippen LogP contribution in [0.4, 0.5) is 14.6 Å². The van der Waals surface area contributed by atoms with Crippen LogP contribution in [0.1, 0.15) is 42.5 Å². The van der Waals surface area contributed by atoms with Crippen molar-refractivity contribution >= 4 is 23.3 Å². The Morgan fingerprint density at radius 1 is 1.02 bits per heavy atom. The molecule has 2 N–H and O–H groups in total. The van der Waals surface area contributed by atoms with Crippen molar-refractivity contribution in [1.29, 1.82) is 0 Å². The first-order valence-corrected chi connectivity index (χ1v) is 14.0. The predicted octanol–water partition coefficient (Wildman–Crippen LogP) is 4.43. The molecule has 1 aromatic carbocycles. The van der Waals surface area contributed by atoms with Gasteiger partial charge < -0.3 is 10.6 Å². The molecular weight excluding hydrogens is 538 g/mol. The Morgan fingerprint density at radius 3 is 2.35 bits per heavy atom. The lowest BCUT2D eigenvalue weighted by atomic mass is 10.1. The molecule has 5 rings (SSSR count). The fraction of sp³-hybridized carbons (Fsp3) is 0.448. The molecule has 1 amide bonds. The lowest BCUT2D eigenvalue weighted by molar-refractivity contribution is -0.121. The molecule has 212 valence electrons. The van der Waals surface area contributed by atoms with Gasteiger partial charge >= 0.3 is 5.92 Å². The van der Waals surface area contributed by atoms with Gasteiger partial charge in [0.25, 0.3) is 5.56 Å². The summed E-state index contributed by atoms with van der Waals surface area (Å²) in [4.78, 5) is 35.8. The lowest BCUT2D eigenvalue weighted by Crippen LogP contribution is -2.35. The van der Waals surface area contributed by atoms with Crippen LogP contribution in [0, 0.1) is 11.8 Å². The number of amides is 1. The van der Waals surface area contributed by atoms with Crippen LogP contribution < -0.4 is 16.2 Å². The molecule has 0 saturated heterocycles. The number of hydrogen-bond acceptors (Lipinski definition) is 6. The van der Waals surface area contributed by atoms with Crippen LogP contribution in [0.2, 0.25) is 5.15 Å². The number of rotatable bonds is 14. The Labute approximate surface area is 236 Å². The highest BCUT2D eigenvalue weighted by atomic mass is 35.5. The Morgan fingerprint density at radius 2 is 1.70 bits per heavy atom. The highest BCUT2D eigenvalue weighted by Crippen LogP contribution is 2.34. The van der Waals surface area contributed by atoms with Crippen molar-refractivity contribution in [3.63, 3.8) is 0 Å². The van der Waals surface area contributed by atoms with Gasteiger partial charge in [-0.25, -0.2) is 4.98 Å². The Kier molecular flexibility index (Phi) is 8.75. The second-order valence-electron chi connectivity index (χ2n) is 10.7. The van der Waals surface area contributed by atoms with E-state index in [2.05, 4.69) is 31.6 Å². The van der Waals surface area contributed by atoms with Crippen LogP contribution in [0.25, 0.3) is 0 Å². The SMILES string of the molecule is O=C(Cn1c(Cl)cnc(NCC(F)(F)c2ccccn2)c1=O)NCc1ccccc1CN(CC1CC1)CC1CC1. The van der Waals surface area contributed by atoms with Gasteiger partial charge in [0.05, 0.1) is 12.7 Å². The van der Waals surface area contributed by atoms with Gasteiger partial charge in [-0.3, -0.25) is 24.0 Å². The maximum atomic E-state index is 14.5.